The predicted octanol–water partition coefficient (Wildman–Crippen LogP) is 6.58. The largest absolute Gasteiger partial charge is 0.233 e. The van der Waals surface area contributed by atoms with Crippen LogP contribution in [0.5, 0.6) is 0 Å². The zero-order valence-corrected chi connectivity index (χ0v) is 15.1. The van der Waals surface area contributed by atoms with Crippen molar-refractivity contribution in [1.29, 1.82) is 0 Å². The van der Waals surface area contributed by atoms with Crippen LogP contribution in [0.3, 0.4) is 0 Å². The maximum absolute atomic E-state index is 6.38. The SMILES string of the molecule is Cc1nc(/C=C\c2ccc(Cl)cc2)nc(Cl)c1-c1ccc(Cl)cc1. The van der Waals surface area contributed by atoms with E-state index in [1.165, 1.54) is 0 Å². The number of nitrogens with zero attached hydrogens (tertiary/aromatic N) is 2. The predicted molar refractivity (Wildman–Crippen MR) is 103 cm³/mol. The second kappa shape index (κ2) is 7.35. The Kier molecular flexibility index (Phi) is 5.20. The summed E-state index contributed by atoms with van der Waals surface area (Å²) in [6, 6.07) is 15.0. The van der Waals surface area contributed by atoms with Crippen LogP contribution in [-0.2, 0) is 0 Å². The third-order valence-electron chi connectivity index (χ3n) is 3.49. The Bertz CT molecular complexity index is 862. The zero-order chi connectivity index (χ0) is 17.1. The van der Waals surface area contributed by atoms with Crippen LogP contribution in [0.4, 0.5) is 0 Å². The number of benzene rings is 2. The van der Waals surface area contributed by atoms with Gasteiger partial charge in [-0.15, -0.1) is 0 Å². The Hall–Kier alpha value is -1.87. The Balaban J connectivity index is 1.92. The minimum atomic E-state index is 0.417. The lowest BCUT2D eigenvalue weighted by Crippen LogP contribution is -1.96. The van der Waals surface area contributed by atoms with E-state index in [9.17, 15) is 0 Å². The molecule has 0 atom stereocenters. The number of hydrogen-bond donors (Lipinski definition) is 0. The van der Waals surface area contributed by atoms with Crippen molar-refractivity contribution < 1.29 is 0 Å². The first-order chi connectivity index (χ1) is 11.5. The average Bonchev–Trinajstić information content (AvgIpc) is 2.55. The molecule has 2 aromatic carbocycles. The van der Waals surface area contributed by atoms with Crippen LogP contribution in [0, 0.1) is 6.92 Å². The van der Waals surface area contributed by atoms with Gasteiger partial charge >= 0.3 is 0 Å². The molecule has 1 heterocycles. The van der Waals surface area contributed by atoms with Crippen LogP contribution < -0.4 is 0 Å². The van der Waals surface area contributed by atoms with Crippen LogP contribution in [-0.4, -0.2) is 9.97 Å². The van der Waals surface area contributed by atoms with E-state index in [2.05, 4.69) is 9.97 Å². The van der Waals surface area contributed by atoms with E-state index in [0.717, 1.165) is 22.4 Å². The Labute approximate surface area is 155 Å². The zero-order valence-electron chi connectivity index (χ0n) is 12.8. The molecular weight excluding hydrogens is 363 g/mol. The average molecular weight is 376 g/mol. The molecule has 0 aliphatic rings. The molecule has 0 unspecified atom stereocenters. The standard InChI is InChI=1S/C19H13Cl3N2/c1-12-18(14-5-9-16(21)10-6-14)19(22)24-17(23-12)11-4-13-2-7-15(20)8-3-13/h2-11H,1H3/b11-4-. The van der Waals surface area contributed by atoms with E-state index in [4.69, 9.17) is 34.8 Å². The molecular formula is C19H13Cl3N2. The number of hydrogen-bond acceptors (Lipinski definition) is 2. The molecule has 2 nitrogen and oxygen atoms in total. The topological polar surface area (TPSA) is 25.8 Å². The maximum Gasteiger partial charge on any atom is 0.153 e. The van der Waals surface area contributed by atoms with Gasteiger partial charge in [0.15, 0.2) is 5.82 Å². The van der Waals surface area contributed by atoms with Gasteiger partial charge in [-0.25, -0.2) is 9.97 Å². The highest BCUT2D eigenvalue weighted by Crippen LogP contribution is 2.30. The van der Waals surface area contributed by atoms with Gasteiger partial charge in [-0.1, -0.05) is 65.1 Å². The Morgan fingerprint density at radius 1 is 0.750 bits per heavy atom. The van der Waals surface area contributed by atoms with E-state index in [1.807, 2.05) is 67.6 Å². The van der Waals surface area contributed by atoms with E-state index < -0.39 is 0 Å². The van der Waals surface area contributed by atoms with Gasteiger partial charge in [-0.3, -0.25) is 0 Å². The minimum Gasteiger partial charge on any atom is -0.233 e. The summed E-state index contributed by atoms with van der Waals surface area (Å²) >= 11 is 18.2. The van der Waals surface area contributed by atoms with Crippen molar-refractivity contribution >= 4 is 47.0 Å². The fraction of sp³-hybridized carbons (Fsp3) is 0.0526. The normalized spacial score (nSPS) is 11.2. The first-order valence-electron chi connectivity index (χ1n) is 7.26. The van der Waals surface area contributed by atoms with Gasteiger partial charge in [0.2, 0.25) is 0 Å². The Morgan fingerprint density at radius 3 is 1.92 bits per heavy atom. The summed E-state index contributed by atoms with van der Waals surface area (Å²) in [6.07, 6.45) is 3.75. The summed E-state index contributed by atoms with van der Waals surface area (Å²) in [5.74, 6) is 0.560. The van der Waals surface area contributed by atoms with Crippen molar-refractivity contribution in [1.82, 2.24) is 9.97 Å². The summed E-state index contributed by atoms with van der Waals surface area (Å²) in [5, 5.41) is 1.80. The van der Waals surface area contributed by atoms with Crippen LogP contribution >= 0.6 is 34.8 Å². The van der Waals surface area contributed by atoms with E-state index in [0.29, 0.717) is 21.0 Å². The summed E-state index contributed by atoms with van der Waals surface area (Å²) in [7, 11) is 0. The van der Waals surface area contributed by atoms with Gasteiger partial charge < -0.3 is 0 Å². The van der Waals surface area contributed by atoms with Gasteiger partial charge in [-0.05, 0) is 48.4 Å². The first-order valence-corrected chi connectivity index (χ1v) is 8.40. The molecule has 120 valence electrons. The van der Waals surface area contributed by atoms with Crippen molar-refractivity contribution in [3.05, 3.63) is 80.8 Å². The van der Waals surface area contributed by atoms with Crippen LogP contribution in [0.25, 0.3) is 23.3 Å². The monoisotopic (exact) mass is 374 g/mol. The second-order valence-electron chi connectivity index (χ2n) is 5.22. The van der Waals surface area contributed by atoms with Crippen LogP contribution in [0.15, 0.2) is 48.5 Å². The Morgan fingerprint density at radius 2 is 1.33 bits per heavy atom. The van der Waals surface area contributed by atoms with Gasteiger partial charge in [0.1, 0.15) is 5.15 Å². The fourth-order valence-corrected chi connectivity index (χ4v) is 2.91. The van der Waals surface area contributed by atoms with Crippen molar-refractivity contribution in [2.75, 3.05) is 0 Å². The maximum atomic E-state index is 6.38. The summed E-state index contributed by atoms with van der Waals surface area (Å²) in [5.41, 5.74) is 3.58. The van der Waals surface area contributed by atoms with E-state index in [-0.39, 0.29) is 0 Å². The molecule has 0 aliphatic carbocycles. The molecule has 0 spiro atoms. The molecule has 0 bridgehead atoms. The fourth-order valence-electron chi connectivity index (χ4n) is 2.32. The quantitative estimate of drug-likeness (QED) is 0.483. The molecule has 0 fully saturated rings. The van der Waals surface area contributed by atoms with Gasteiger partial charge in [-0.2, -0.15) is 0 Å². The minimum absolute atomic E-state index is 0.417. The van der Waals surface area contributed by atoms with E-state index >= 15 is 0 Å². The third-order valence-corrected chi connectivity index (χ3v) is 4.27. The highest BCUT2D eigenvalue weighted by Gasteiger charge is 2.11. The molecule has 0 saturated carbocycles. The van der Waals surface area contributed by atoms with E-state index in [1.54, 1.807) is 0 Å². The summed E-state index contributed by atoms with van der Waals surface area (Å²) in [4.78, 5) is 8.90. The molecule has 3 rings (SSSR count). The lowest BCUT2D eigenvalue weighted by atomic mass is 10.1. The van der Waals surface area contributed by atoms with Crippen LogP contribution in [0.2, 0.25) is 15.2 Å². The third kappa shape index (κ3) is 3.96. The summed E-state index contributed by atoms with van der Waals surface area (Å²) in [6.45, 7) is 1.91. The first kappa shape index (κ1) is 17.0. The molecule has 24 heavy (non-hydrogen) atoms. The lowest BCUT2D eigenvalue weighted by Gasteiger charge is -2.08. The number of rotatable bonds is 3. The molecule has 0 N–H and O–H groups in total. The van der Waals surface area contributed by atoms with Crippen molar-refractivity contribution in [3.8, 4) is 11.1 Å². The van der Waals surface area contributed by atoms with Crippen molar-refractivity contribution in [3.63, 3.8) is 0 Å². The lowest BCUT2D eigenvalue weighted by molar-refractivity contribution is 1.08. The number of aryl methyl sites for hydroxylation is 1. The molecule has 0 radical (unpaired) electrons. The van der Waals surface area contributed by atoms with Crippen molar-refractivity contribution in [2.24, 2.45) is 0 Å². The molecule has 1 aromatic heterocycles. The molecule has 3 aromatic rings. The smallest absolute Gasteiger partial charge is 0.153 e. The van der Waals surface area contributed by atoms with Crippen molar-refractivity contribution in [2.45, 2.75) is 6.92 Å². The molecule has 5 heteroatoms. The van der Waals surface area contributed by atoms with Gasteiger partial charge in [0.25, 0.3) is 0 Å². The molecule has 0 aliphatic heterocycles. The van der Waals surface area contributed by atoms with Crippen LogP contribution in [0.1, 0.15) is 17.1 Å². The van der Waals surface area contributed by atoms with Gasteiger partial charge in [0, 0.05) is 15.6 Å². The highest BCUT2D eigenvalue weighted by atomic mass is 35.5. The number of halogens is 3. The number of aromatic nitrogens is 2. The highest BCUT2D eigenvalue weighted by molar-refractivity contribution is 6.32. The second-order valence-corrected chi connectivity index (χ2v) is 6.46. The molecule has 0 amide bonds. The molecule has 0 saturated heterocycles. The summed E-state index contributed by atoms with van der Waals surface area (Å²) < 4.78 is 0. The van der Waals surface area contributed by atoms with Gasteiger partial charge in [0.05, 0.1) is 5.69 Å².